The summed E-state index contributed by atoms with van der Waals surface area (Å²) in [6.07, 6.45) is 0. The fourth-order valence-electron chi connectivity index (χ4n) is 2.91. The quantitative estimate of drug-likeness (QED) is 0.350. The number of fused-ring (bicyclic) bond motifs is 1. The van der Waals surface area contributed by atoms with Gasteiger partial charge in [0.25, 0.3) is 11.1 Å². The van der Waals surface area contributed by atoms with Crippen molar-refractivity contribution >= 4 is 57.7 Å². The number of amides is 2. The number of oxazole rings is 1. The van der Waals surface area contributed by atoms with E-state index < -0.39 is 0 Å². The lowest BCUT2D eigenvalue weighted by molar-refractivity contribution is -0.113. The van der Waals surface area contributed by atoms with Crippen molar-refractivity contribution in [2.75, 3.05) is 23.5 Å². The number of carbonyl (C=O) groups is 2. The second-order valence-corrected chi connectivity index (χ2v) is 8.02. The van der Waals surface area contributed by atoms with Crippen LogP contribution in [-0.4, -0.2) is 29.7 Å². The van der Waals surface area contributed by atoms with Crippen molar-refractivity contribution in [3.8, 4) is 5.75 Å². The van der Waals surface area contributed by atoms with E-state index in [1.54, 1.807) is 61.7 Å². The molecule has 0 fully saturated rings. The van der Waals surface area contributed by atoms with Gasteiger partial charge in [0.15, 0.2) is 5.58 Å². The lowest BCUT2D eigenvalue weighted by atomic mass is 10.2. The van der Waals surface area contributed by atoms with E-state index in [-0.39, 0.29) is 17.6 Å². The molecule has 3 aromatic carbocycles. The van der Waals surface area contributed by atoms with E-state index in [0.29, 0.717) is 44.0 Å². The van der Waals surface area contributed by atoms with Gasteiger partial charge in [-0.1, -0.05) is 35.5 Å². The fourth-order valence-corrected chi connectivity index (χ4v) is 3.72. The Bertz CT molecular complexity index is 1270. The number of nitrogens with zero attached hydrogens (tertiary/aromatic N) is 1. The number of methoxy groups -OCH3 is 1. The number of benzene rings is 3. The molecule has 7 nitrogen and oxygen atoms in total. The molecule has 0 aliphatic heterocycles. The number of para-hydroxylation sites is 2. The largest absolute Gasteiger partial charge is 0.495 e. The summed E-state index contributed by atoms with van der Waals surface area (Å²) in [6, 6.07) is 18.9. The molecule has 0 bridgehead atoms. The number of thioether (sulfide) groups is 1. The number of aromatic nitrogens is 1. The third kappa shape index (κ3) is 5.22. The molecule has 0 saturated carbocycles. The topological polar surface area (TPSA) is 93.5 Å². The third-order valence-corrected chi connectivity index (χ3v) is 5.51. The lowest BCUT2D eigenvalue weighted by Crippen LogP contribution is -2.15. The van der Waals surface area contributed by atoms with Crippen LogP contribution in [-0.2, 0) is 4.79 Å². The highest BCUT2D eigenvalue weighted by atomic mass is 35.5. The summed E-state index contributed by atoms with van der Waals surface area (Å²) >= 11 is 7.13. The van der Waals surface area contributed by atoms with Gasteiger partial charge in [0.1, 0.15) is 11.3 Å². The van der Waals surface area contributed by atoms with Crippen molar-refractivity contribution in [1.29, 1.82) is 0 Å². The molecule has 0 spiro atoms. The van der Waals surface area contributed by atoms with Crippen LogP contribution in [0.15, 0.2) is 76.4 Å². The Morgan fingerprint density at radius 1 is 1.06 bits per heavy atom. The predicted octanol–water partition coefficient (Wildman–Crippen LogP) is 5.47. The van der Waals surface area contributed by atoms with E-state index in [4.69, 9.17) is 20.8 Å². The van der Waals surface area contributed by atoms with Gasteiger partial charge in [-0.25, -0.2) is 4.98 Å². The molecular formula is C23H18ClN3O4S. The van der Waals surface area contributed by atoms with Crippen LogP contribution in [0.4, 0.5) is 11.4 Å². The van der Waals surface area contributed by atoms with Gasteiger partial charge in [0.05, 0.1) is 18.6 Å². The van der Waals surface area contributed by atoms with Crippen LogP contribution in [0.5, 0.6) is 5.75 Å². The molecule has 0 aliphatic carbocycles. The van der Waals surface area contributed by atoms with Crippen molar-refractivity contribution in [3.63, 3.8) is 0 Å². The summed E-state index contributed by atoms with van der Waals surface area (Å²) in [5.41, 5.74) is 2.86. The number of hydrogen-bond acceptors (Lipinski definition) is 6. The Kier molecular flexibility index (Phi) is 6.63. The number of halogens is 1. The van der Waals surface area contributed by atoms with Crippen molar-refractivity contribution in [2.24, 2.45) is 0 Å². The SMILES string of the molecule is COc1ccccc1NC(=O)c1ccc(NC(=O)CSc2nc3cc(Cl)ccc3o2)cc1. The summed E-state index contributed by atoms with van der Waals surface area (Å²) in [4.78, 5) is 29.1. The third-order valence-electron chi connectivity index (χ3n) is 4.44. The summed E-state index contributed by atoms with van der Waals surface area (Å²) < 4.78 is 10.8. The van der Waals surface area contributed by atoms with Crippen molar-refractivity contribution < 1.29 is 18.7 Å². The van der Waals surface area contributed by atoms with Crippen molar-refractivity contribution in [1.82, 2.24) is 4.98 Å². The number of anilines is 2. The maximum absolute atomic E-state index is 12.5. The number of carbonyl (C=O) groups excluding carboxylic acids is 2. The van der Waals surface area contributed by atoms with Gasteiger partial charge in [0.2, 0.25) is 5.91 Å². The summed E-state index contributed by atoms with van der Waals surface area (Å²) in [5.74, 6) is 0.195. The van der Waals surface area contributed by atoms with Gasteiger partial charge in [-0.3, -0.25) is 9.59 Å². The Balaban J connectivity index is 1.32. The van der Waals surface area contributed by atoms with Crippen molar-refractivity contribution in [3.05, 3.63) is 77.3 Å². The van der Waals surface area contributed by atoms with E-state index in [9.17, 15) is 9.59 Å². The highest BCUT2D eigenvalue weighted by Crippen LogP contribution is 2.26. The molecule has 0 atom stereocenters. The summed E-state index contributed by atoms with van der Waals surface area (Å²) in [6.45, 7) is 0. The van der Waals surface area contributed by atoms with Crippen LogP contribution in [0.25, 0.3) is 11.1 Å². The molecular weight excluding hydrogens is 450 g/mol. The van der Waals surface area contributed by atoms with Crippen LogP contribution in [0.3, 0.4) is 0 Å². The van der Waals surface area contributed by atoms with E-state index in [1.165, 1.54) is 11.8 Å². The zero-order valence-corrected chi connectivity index (χ0v) is 18.5. The molecule has 1 aromatic heterocycles. The minimum absolute atomic E-state index is 0.122. The highest BCUT2D eigenvalue weighted by Gasteiger charge is 2.12. The fraction of sp³-hybridized carbons (Fsp3) is 0.0870. The first-order valence-electron chi connectivity index (χ1n) is 9.55. The van der Waals surface area contributed by atoms with Crippen molar-refractivity contribution in [2.45, 2.75) is 5.22 Å². The van der Waals surface area contributed by atoms with Crippen LogP contribution in [0.2, 0.25) is 5.02 Å². The van der Waals surface area contributed by atoms with E-state index in [0.717, 1.165) is 0 Å². The summed E-state index contributed by atoms with van der Waals surface area (Å²) in [5, 5.41) is 6.56. The van der Waals surface area contributed by atoms with Crippen LogP contribution < -0.4 is 15.4 Å². The first kappa shape index (κ1) is 21.7. The molecule has 32 heavy (non-hydrogen) atoms. The molecule has 2 N–H and O–H groups in total. The van der Waals surface area contributed by atoms with E-state index >= 15 is 0 Å². The van der Waals surface area contributed by atoms with Gasteiger partial charge in [-0.15, -0.1) is 0 Å². The number of ether oxygens (including phenoxy) is 1. The molecule has 4 aromatic rings. The normalized spacial score (nSPS) is 10.7. The predicted molar refractivity (Wildman–Crippen MR) is 126 cm³/mol. The van der Waals surface area contributed by atoms with Gasteiger partial charge in [0, 0.05) is 16.3 Å². The molecule has 162 valence electrons. The molecule has 4 rings (SSSR count). The Labute approximate surface area is 193 Å². The first-order chi connectivity index (χ1) is 15.5. The molecule has 0 saturated heterocycles. The maximum atomic E-state index is 12.5. The average molecular weight is 468 g/mol. The molecule has 0 aliphatic rings. The first-order valence-corrected chi connectivity index (χ1v) is 10.9. The standard InChI is InChI=1S/C23H18ClN3O4S/c1-30-19-5-3-2-4-17(19)26-22(29)14-6-9-16(10-7-14)25-21(28)13-32-23-27-18-12-15(24)8-11-20(18)31-23/h2-12H,13H2,1H3,(H,25,28)(H,26,29). The molecule has 0 unspecified atom stereocenters. The van der Waals surface area contributed by atoms with Crippen LogP contribution >= 0.6 is 23.4 Å². The monoisotopic (exact) mass is 467 g/mol. The Hall–Kier alpha value is -3.49. The second kappa shape index (κ2) is 9.76. The number of hydrogen-bond donors (Lipinski definition) is 2. The highest BCUT2D eigenvalue weighted by molar-refractivity contribution is 7.99. The average Bonchev–Trinajstić information content (AvgIpc) is 3.20. The number of rotatable bonds is 7. The second-order valence-electron chi connectivity index (χ2n) is 6.66. The smallest absolute Gasteiger partial charge is 0.257 e. The molecule has 2 amide bonds. The van der Waals surface area contributed by atoms with Gasteiger partial charge in [-0.2, -0.15) is 0 Å². The minimum Gasteiger partial charge on any atom is -0.495 e. The Morgan fingerprint density at radius 2 is 1.84 bits per heavy atom. The number of nitrogens with one attached hydrogen (secondary N) is 2. The van der Waals surface area contributed by atoms with Crippen LogP contribution in [0, 0.1) is 0 Å². The van der Waals surface area contributed by atoms with Gasteiger partial charge in [-0.05, 0) is 54.6 Å². The lowest BCUT2D eigenvalue weighted by Gasteiger charge is -2.10. The zero-order valence-electron chi connectivity index (χ0n) is 16.9. The van der Waals surface area contributed by atoms with E-state index in [1.807, 2.05) is 12.1 Å². The molecule has 9 heteroatoms. The molecule has 1 heterocycles. The zero-order chi connectivity index (χ0) is 22.5. The van der Waals surface area contributed by atoms with Gasteiger partial charge < -0.3 is 19.8 Å². The summed E-state index contributed by atoms with van der Waals surface area (Å²) in [7, 11) is 1.54. The van der Waals surface area contributed by atoms with Gasteiger partial charge >= 0.3 is 0 Å². The molecule has 0 radical (unpaired) electrons. The Morgan fingerprint density at radius 3 is 2.62 bits per heavy atom. The minimum atomic E-state index is -0.279. The maximum Gasteiger partial charge on any atom is 0.257 e. The van der Waals surface area contributed by atoms with E-state index in [2.05, 4.69) is 15.6 Å². The van der Waals surface area contributed by atoms with Crippen LogP contribution in [0.1, 0.15) is 10.4 Å².